The highest BCUT2D eigenvalue weighted by molar-refractivity contribution is 5.91. The molecule has 1 fully saturated rings. The first-order chi connectivity index (χ1) is 8.59. The summed E-state index contributed by atoms with van der Waals surface area (Å²) < 4.78 is 12.6. The molecule has 0 amide bonds. The van der Waals surface area contributed by atoms with Crippen molar-refractivity contribution in [3.8, 4) is 5.88 Å². The maximum atomic E-state index is 11.1. The van der Waals surface area contributed by atoms with Crippen LogP contribution in [0.25, 0.3) is 0 Å². The Kier molecular flexibility index (Phi) is 3.86. The molecule has 6 heteroatoms. The van der Waals surface area contributed by atoms with Crippen LogP contribution in [0.4, 0.5) is 0 Å². The van der Waals surface area contributed by atoms with Crippen LogP contribution in [-0.2, 0) is 11.8 Å². The lowest BCUT2D eigenvalue weighted by atomic mass is 10.1. The standard InChI is InChI=1S/C12H18N2O4/c1-8-10(12(15)16)11(14(2)13-8)18-7-9-5-3-4-6-17-9/h9H,3-7H2,1-2H3,(H,15,16)/t9-/m0/s1. The van der Waals surface area contributed by atoms with Crippen molar-refractivity contribution in [1.29, 1.82) is 0 Å². The van der Waals surface area contributed by atoms with Gasteiger partial charge in [-0.1, -0.05) is 0 Å². The molecule has 2 rings (SSSR count). The summed E-state index contributed by atoms with van der Waals surface area (Å²) in [5.74, 6) is -0.714. The highest BCUT2D eigenvalue weighted by Crippen LogP contribution is 2.22. The Hall–Kier alpha value is -1.56. The number of carbonyl (C=O) groups is 1. The molecule has 0 radical (unpaired) electrons. The smallest absolute Gasteiger partial charge is 0.343 e. The van der Waals surface area contributed by atoms with Crippen LogP contribution in [0, 0.1) is 6.92 Å². The van der Waals surface area contributed by atoms with Crippen LogP contribution in [0.2, 0.25) is 0 Å². The Balaban J connectivity index is 2.06. The third-order valence-corrected chi connectivity index (χ3v) is 3.06. The molecule has 1 aromatic rings. The molecule has 1 saturated heterocycles. The SMILES string of the molecule is Cc1nn(C)c(OC[C@@H]2CCCCO2)c1C(=O)O. The van der Waals surface area contributed by atoms with Crippen molar-refractivity contribution in [1.82, 2.24) is 9.78 Å². The third kappa shape index (κ3) is 2.64. The van der Waals surface area contributed by atoms with Gasteiger partial charge in [0.05, 0.1) is 11.8 Å². The summed E-state index contributed by atoms with van der Waals surface area (Å²) >= 11 is 0. The predicted molar refractivity (Wildman–Crippen MR) is 64.0 cm³/mol. The molecule has 6 nitrogen and oxygen atoms in total. The Bertz CT molecular complexity index is 436. The molecule has 1 aliphatic rings. The van der Waals surface area contributed by atoms with E-state index in [2.05, 4.69) is 5.10 Å². The van der Waals surface area contributed by atoms with Gasteiger partial charge in [0.15, 0.2) is 0 Å². The van der Waals surface area contributed by atoms with E-state index in [1.165, 1.54) is 4.68 Å². The largest absolute Gasteiger partial charge is 0.477 e. The van der Waals surface area contributed by atoms with E-state index in [1.807, 2.05) is 0 Å². The van der Waals surface area contributed by atoms with Crippen LogP contribution in [0.1, 0.15) is 35.3 Å². The van der Waals surface area contributed by atoms with Crippen molar-refractivity contribution in [2.75, 3.05) is 13.2 Å². The average molecular weight is 254 g/mol. The first-order valence-corrected chi connectivity index (χ1v) is 6.11. The molecular formula is C12H18N2O4. The highest BCUT2D eigenvalue weighted by Gasteiger charge is 2.23. The summed E-state index contributed by atoms with van der Waals surface area (Å²) in [5.41, 5.74) is 0.595. The molecule has 0 saturated carbocycles. The van der Waals surface area contributed by atoms with Crippen LogP contribution in [0.15, 0.2) is 0 Å². The quantitative estimate of drug-likeness (QED) is 0.878. The van der Waals surface area contributed by atoms with Gasteiger partial charge in [-0.2, -0.15) is 5.10 Å². The summed E-state index contributed by atoms with van der Waals surface area (Å²) in [4.78, 5) is 11.1. The molecule has 0 unspecified atom stereocenters. The Morgan fingerprint density at radius 2 is 2.39 bits per heavy atom. The molecule has 0 bridgehead atoms. The van der Waals surface area contributed by atoms with E-state index in [0.717, 1.165) is 25.9 Å². The summed E-state index contributed by atoms with van der Waals surface area (Å²) in [5, 5.41) is 13.2. The van der Waals surface area contributed by atoms with Crippen molar-refractivity contribution in [2.45, 2.75) is 32.3 Å². The van der Waals surface area contributed by atoms with Gasteiger partial charge in [-0.15, -0.1) is 0 Å². The Morgan fingerprint density at radius 1 is 1.61 bits per heavy atom. The van der Waals surface area contributed by atoms with Gasteiger partial charge in [0.1, 0.15) is 12.2 Å². The number of carboxylic acids is 1. The number of ether oxygens (including phenoxy) is 2. The Labute approximate surface area is 106 Å². The fraction of sp³-hybridized carbons (Fsp3) is 0.667. The first-order valence-electron chi connectivity index (χ1n) is 6.11. The van der Waals surface area contributed by atoms with Gasteiger partial charge in [-0.3, -0.25) is 0 Å². The minimum absolute atomic E-state index is 0.0515. The van der Waals surface area contributed by atoms with Gasteiger partial charge < -0.3 is 14.6 Å². The normalized spacial score (nSPS) is 19.8. The highest BCUT2D eigenvalue weighted by atomic mass is 16.5. The van der Waals surface area contributed by atoms with Crippen molar-refractivity contribution in [3.05, 3.63) is 11.3 Å². The average Bonchev–Trinajstić information content (AvgIpc) is 2.62. The second-order valence-electron chi connectivity index (χ2n) is 4.49. The van der Waals surface area contributed by atoms with E-state index in [4.69, 9.17) is 14.6 Å². The molecule has 0 aliphatic carbocycles. The van der Waals surface area contributed by atoms with Crippen LogP contribution in [0.3, 0.4) is 0 Å². The van der Waals surface area contributed by atoms with Crippen molar-refractivity contribution < 1.29 is 19.4 Å². The fourth-order valence-corrected chi connectivity index (χ4v) is 2.16. The number of aromatic nitrogens is 2. The molecule has 1 aliphatic heterocycles. The van der Waals surface area contributed by atoms with E-state index in [0.29, 0.717) is 18.2 Å². The van der Waals surface area contributed by atoms with E-state index in [-0.39, 0.29) is 11.7 Å². The van der Waals surface area contributed by atoms with E-state index < -0.39 is 5.97 Å². The van der Waals surface area contributed by atoms with Crippen LogP contribution >= 0.6 is 0 Å². The topological polar surface area (TPSA) is 73.6 Å². The zero-order valence-electron chi connectivity index (χ0n) is 10.7. The van der Waals surface area contributed by atoms with E-state index in [9.17, 15) is 4.79 Å². The number of aryl methyl sites for hydroxylation is 2. The van der Waals surface area contributed by atoms with Crippen LogP contribution in [-0.4, -0.2) is 40.2 Å². The van der Waals surface area contributed by atoms with Gasteiger partial charge in [0, 0.05) is 13.7 Å². The second kappa shape index (κ2) is 5.39. The maximum Gasteiger partial charge on any atom is 0.343 e. The number of carboxylic acid groups (broad SMARTS) is 1. The monoisotopic (exact) mass is 254 g/mol. The number of hydrogen-bond donors (Lipinski definition) is 1. The minimum atomic E-state index is -1.01. The molecular weight excluding hydrogens is 236 g/mol. The van der Waals surface area contributed by atoms with Crippen LogP contribution in [0.5, 0.6) is 5.88 Å². The number of hydrogen-bond acceptors (Lipinski definition) is 4. The zero-order valence-corrected chi connectivity index (χ0v) is 10.7. The molecule has 1 aromatic heterocycles. The van der Waals surface area contributed by atoms with E-state index in [1.54, 1.807) is 14.0 Å². The molecule has 18 heavy (non-hydrogen) atoms. The van der Waals surface area contributed by atoms with E-state index >= 15 is 0 Å². The van der Waals surface area contributed by atoms with Gasteiger partial charge in [0.2, 0.25) is 5.88 Å². The summed E-state index contributed by atoms with van der Waals surface area (Å²) in [6, 6.07) is 0. The number of nitrogens with zero attached hydrogens (tertiary/aromatic N) is 2. The van der Waals surface area contributed by atoms with Crippen molar-refractivity contribution in [2.24, 2.45) is 7.05 Å². The Morgan fingerprint density at radius 3 is 3.00 bits per heavy atom. The lowest BCUT2D eigenvalue weighted by molar-refractivity contribution is -0.0129. The van der Waals surface area contributed by atoms with Crippen molar-refractivity contribution in [3.63, 3.8) is 0 Å². The number of rotatable bonds is 4. The molecule has 0 spiro atoms. The molecule has 1 atom stereocenters. The van der Waals surface area contributed by atoms with Gasteiger partial charge in [0.25, 0.3) is 0 Å². The molecule has 0 aromatic carbocycles. The van der Waals surface area contributed by atoms with Gasteiger partial charge in [-0.25, -0.2) is 9.48 Å². The third-order valence-electron chi connectivity index (χ3n) is 3.06. The van der Waals surface area contributed by atoms with Gasteiger partial charge in [-0.05, 0) is 26.2 Å². The zero-order chi connectivity index (χ0) is 13.1. The molecule has 100 valence electrons. The summed E-state index contributed by atoms with van der Waals surface area (Å²) in [6.07, 6.45) is 3.22. The maximum absolute atomic E-state index is 11.1. The van der Waals surface area contributed by atoms with Crippen molar-refractivity contribution >= 4 is 5.97 Å². The molecule has 1 N–H and O–H groups in total. The predicted octanol–water partition coefficient (Wildman–Crippen LogP) is 1.37. The van der Waals surface area contributed by atoms with Gasteiger partial charge >= 0.3 is 5.97 Å². The lowest BCUT2D eigenvalue weighted by Crippen LogP contribution is -2.26. The minimum Gasteiger partial charge on any atom is -0.477 e. The van der Waals surface area contributed by atoms with Crippen LogP contribution < -0.4 is 4.74 Å². The fourth-order valence-electron chi connectivity index (χ4n) is 2.16. The number of aromatic carboxylic acids is 1. The molecule has 2 heterocycles. The summed E-state index contributed by atoms with van der Waals surface area (Å²) in [7, 11) is 1.68. The lowest BCUT2D eigenvalue weighted by Gasteiger charge is -2.22. The first kappa shape index (κ1) is 12.9. The summed E-state index contributed by atoms with van der Waals surface area (Å²) in [6.45, 7) is 2.79. The second-order valence-corrected chi connectivity index (χ2v) is 4.49.